The maximum absolute atomic E-state index is 9.37. The molecule has 0 unspecified atom stereocenters. The zero-order valence-corrected chi connectivity index (χ0v) is 19.0. The summed E-state index contributed by atoms with van der Waals surface area (Å²) >= 11 is 0. The number of nitrogens with zero attached hydrogens (tertiary/aromatic N) is 2. The second kappa shape index (κ2) is 6.94. The number of hydrogen-bond acceptors (Lipinski definition) is 3. The van der Waals surface area contributed by atoms with Crippen molar-refractivity contribution in [3.8, 4) is 12.1 Å². The lowest BCUT2D eigenvalue weighted by Gasteiger charge is -2.53. The smallest absolute Gasteiger partial charge is 0.174 e. The highest BCUT2D eigenvalue weighted by atomic mass is 29.3. The van der Waals surface area contributed by atoms with Crippen LogP contribution in [0.2, 0.25) is 32.2 Å². The molecule has 1 aliphatic rings. The van der Waals surface area contributed by atoms with Gasteiger partial charge >= 0.3 is 0 Å². The molecule has 3 nitrogen and oxygen atoms in total. The third kappa shape index (κ3) is 5.18. The first-order chi connectivity index (χ1) is 10.7. The molecule has 0 saturated carbocycles. The molecule has 0 aromatic rings. The van der Waals surface area contributed by atoms with Crippen LogP contribution in [0.15, 0.2) is 0 Å². The van der Waals surface area contributed by atoms with Crippen LogP contribution in [0.25, 0.3) is 0 Å². The normalized spacial score (nSPS) is 22.4. The Morgan fingerprint density at radius 2 is 1.33 bits per heavy atom. The number of nitriles is 2. The van der Waals surface area contributed by atoms with E-state index < -0.39 is 15.4 Å². The van der Waals surface area contributed by atoms with Crippen LogP contribution in [0, 0.1) is 33.5 Å². The van der Waals surface area contributed by atoms with Crippen LogP contribution in [0.5, 0.6) is 0 Å². The summed E-state index contributed by atoms with van der Waals surface area (Å²) in [6, 6.07) is 6.17. The lowest BCUT2D eigenvalue weighted by atomic mass is 9.78. The molecule has 0 N–H and O–H groups in total. The van der Waals surface area contributed by atoms with Crippen molar-refractivity contribution in [2.45, 2.75) is 97.6 Å². The molecule has 136 valence electrons. The van der Waals surface area contributed by atoms with Gasteiger partial charge in [-0.15, -0.1) is 0 Å². The fourth-order valence-corrected chi connectivity index (χ4v) is 10.2. The third-order valence-electron chi connectivity index (χ3n) is 6.32. The van der Waals surface area contributed by atoms with Gasteiger partial charge in [-0.3, -0.25) is 0 Å². The molecule has 1 fully saturated rings. The van der Waals surface area contributed by atoms with Gasteiger partial charge in [0.1, 0.15) is 0 Å². The molecule has 1 heterocycles. The van der Waals surface area contributed by atoms with Crippen molar-refractivity contribution in [3.05, 3.63) is 0 Å². The van der Waals surface area contributed by atoms with Gasteiger partial charge in [-0.1, -0.05) is 19.1 Å². The highest BCUT2D eigenvalue weighted by Gasteiger charge is 2.53. The molecule has 1 saturated heterocycles. The predicted octanol–water partition coefficient (Wildman–Crippen LogP) is 5.80. The Kier molecular flexibility index (Phi) is 6.19. The zero-order valence-electron chi connectivity index (χ0n) is 17.0. The molecule has 0 aromatic heterocycles. The summed E-state index contributed by atoms with van der Waals surface area (Å²) < 4.78 is 6.94. The molecule has 0 spiro atoms. The van der Waals surface area contributed by atoms with Crippen molar-refractivity contribution in [3.63, 3.8) is 0 Å². The minimum atomic E-state index is -1.69. The lowest BCUT2D eigenvalue weighted by molar-refractivity contribution is 0.0190. The average Bonchev–Trinajstić information content (AvgIpc) is 2.47. The summed E-state index contributed by atoms with van der Waals surface area (Å²) in [6.45, 7) is 17.8. The Bertz CT molecular complexity index is 509. The van der Waals surface area contributed by atoms with E-state index in [9.17, 15) is 10.5 Å². The summed E-state index contributed by atoms with van der Waals surface area (Å²) in [5.74, 6) is 0. The van der Waals surface area contributed by atoms with Gasteiger partial charge in [-0.25, -0.2) is 0 Å². The van der Waals surface area contributed by atoms with Gasteiger partial charge < -0.3 is 4.43 Å². The first kappa shape index (κ1) is 21.4. The van der Waals surface area contributed by atoms with Gasteiger partial charge in [0, 0.05) is 0 Å². The van der Waals surface area contributed by atoms with Gasteiger partial charge in [-0.2, -0.15) is 10.5 Å². The second-order valence-corrected chi connectivity index (χ2v) is 25.3. The van der Waals surface area contributed by atoms with Crippen LogP contribution < -0.4 is 0 Å². The summed E-state index contributed by atoms with van der Waals surface area (Å²) in [5.41, 5.74) is -0.741. The largest absolute Gasteiger partial charge is 0.415 e. The lowest BCUT2D eigenvalue weighted by Crippen LogP contribution is -2.65. The Balaban J connectivity index is 3.01. The first-order valence-corrected chi connectivity index (χ1v) is 16.3. The highest BCUT2D eigenvalue weighted by molar-refractivity contribution is 7.38. The van der Waals surface area contributed by atoms with Crippen molar-refractivity contribution in [1.29, 1.82) is 10.5 Å². The number of hydrogen-bond donors (Lipinski definition) is 0. The van der Waals surface area contributed by atoms with Crippen molar-refractivity contribution in [2.75, 3.05) is 0 Å². The second-order valence-electron chi connectivity index (χ2n) is 10.2. The standard InChI is InChI=1S/C19H36N2OSi2/c1-17(2,15-20)9-11-19(12-10-18(3,4)16-21)13-14-23(5,6)24(7,8)22-19/h9-14H2,1-8H3. The average molecular weight is 365 g/mol. The molecule has 5 heteroatoms. The van der Waals surface area contributed by atoms with E-state index in [0.29, 0.717) is 0 Å². The van der Waals surface area contributed by atoms with Crippen LogP contribution >= 0.6 is 0 Å². The molecule has 24 heavy (non-hydrogen) atoms. The highest BCUT2D eigenvalue weighted by Crippen LogP contribution is 2.46. The van der Waals surface area contributed by atoms with E-state index in [2.05, 4.69) is 38.3 Å². The van der Waals surface area contributed by atoms with E-state index in [1.807, 2.05) is 27.7 Å². The van der Waals surface area contributed by atoms with E-state index in [1.54, 1.807) is 0 Å². The topological polar surface area (TPSA) is 56.8 Å². The van der Waals surface area contributed by atoms with Crippen LogP contribution in [0.1, 0.15) is 59.8 Å². The van der Waals surface area contributed by atoms with Gasteiger partial charge in [-0.05, 0) is 72.9 Å². The van der Waals surface area contributed by atoms with Crippen LogP contribution in [-0.4, -0.2) is 21.0 Å². The minimum absolute atomic E-state index is 0.125. The fraction of sp³-hybridized carbons (Fsp3) is 0.895. The molecule has 1 rings (SSSR count). The fourth-order valence-electron chi connectivity index (χ4n) is 3.24. The van der Waals surface area contributed by atoms with E-state index in [4.69, 9.17) is 4.43 Å². The molecule has 0 aliphatic carbocycles. The Labute approximate surface area is 151 Å². The number of rotatable bonds is 6. The van der Waals surface area contributed by atoms with Crippen molar-refractivity contribution < 1.29 is 4.43 Å². The van der Waals surface area contributed by atoms with Gasteiger partial charge in [0.05, 0.1) is 36.2 Å². The van der Waals surface area contributed by atoms with Crippen molar-refractivity contribution in [2.24, 2.45) is 10.8 Å². The molecule has 1 aliphatic heterocycles. The Morgan fingerprint density at radius 1 is 0.917 bits per heavy atom. The van der Waals surface area contributed by atoms with Crippen LogP contribution in [0.3, 0.4) is 0 Å². The maximum atomic E-state index is 9.37. The van der Waals surface area contributed by atoms with Crippen LogP contribution in [-0.2, 0) is 4.43 Å². The van der Waals surface area contributed by atoms with Crippen molar-refractivity contribution in [1.82, 2.24) is 0 Å². The Morgan fingerprint density at radius 3 is 1.67 bits per heavy atom. The van der Waals surface area contributed by atoms with E-state index in [-0.39, 0.29) is 16.4 Å². The third-order valence-corrected chi connectivity index (χ3v) is 22.9. The molecular formula is C19H36N2OSi2. The van der Waals surface area contributed by atoms with E-state index >= 15 is 0 Å². The first-order valence-electron chi connectivity index (χ1n) is 9.23. The molecule has 0 radical (unpaired) electrons. The molecule has 0 bridgehead atoms. The molecule has 0 atom stereocenters. The van der Waals surface area contributed by atoms with Gasteiger partial charge in [0.25, 0.3) is 0 Å². The van der Waals surface area contributed by atoms with Crippen molar-refractivity contribution >= 4 is 15.4 Å². The summed E-state index contributed by atoms with van der Waals surface area (Å²) in [7, 11) is -2.98. The van der Waals surface area contributed by atoms with Gasteiger partial charge in [0.2, 0.25) is 0 Å². The van der Waals surface area contributed by atoms with E-state index in [0.717, 1.165) is 32.1 Å². The molecular weight excluding hydrogens is 328 g/mol. The monoisotopic (exact) mass is 364 g/mol. The zero-order chi connectivity index (χ0) is 18.9. The van der Waals surface area contributed by atoms with Gasteiger partial charge in [0.15, 0.2) is 7.83 Å². The minimum Gasteiger partial charge on any atom is -0.415 e. The summed E-state index contributed by atoms with van der Waals surface area (Å²) in [5, 5.41) is 18.7. The predicted molar refractivity (Wildman–Crippen MR) is 105 cm³/mol. The maximum Gasteiger partial charge on any atom is 0.174 e. The quantitative estimate of drug-likeness (QED) is 0.560. The van der Waals surface area contributed by atoms with Crippen LogP contribution in [0.4, 0.5) is 0 Å². The summed E-state index contributed by atoms with van der Waals surface area (Å²) in [4.78, 5) is 0. The SMILES string of the molecule is CC(C)(C#N)CCC1(CCC(C)(C)C#N)CC[Si](C)(C)[Si](C)(C)O1. The van der Waals surface area contributed by atoms with E-state index in [1.165, 1.54) is 6.04 Å². The Hall–Kier alpha value is -0.626. The molecule has 0 amide bonds. The summed E-state index contributed by atoms with van der Waals surface area (Å²) in [6.07, 6.45) is 4.71. The molecule has 0 aromatic carbocycles.